The molecule has 9 nitrogen and oxygen atoms in total. The van der Waals surface area contributed by atoms with Crippen LogP contribution in [0.15, 0.2) is 29.3 Å². The Bertz CT molecular complexity index is 934. The van der Waals surface area contributed by atoms with E-state index in [1.165, 1.54) is 24.6 Å². The second-order valence-corrected chi connectivity index (χ2v) is 9.04. The van der Waals surface area contributed by atoms with Crippen LogP contribution in [-0.4, -0.2) is 47.5 Å². The number of carbonyl (C=O) groups excluding carboxylic acids is 3. The summed E-state index contributed by atoms with van der Waals surface area (Å²) >= 11 is 1.34. The Hall–Kier alpha value is -2.85. The Kier molecular flexibility index (Phi) is 8.69. The SMILES string of the molecule is CC(=O)NC1CCC(C(=O)NC(CCCN=CNN)C(=O)c2nc3ccccc3s2)CC1. The van der Waals surface area contributed by atoms with Crippen molar-refractivity contribution in [3.05, 3.63) is 29.3 Å². The molecule has 0 bridgehead atoms. The Balaban J connectivity index is 1.65. The second-order valence-electron chi connectivity index (χ2n) is 8.01. The lowest BCUT2D eigenvalue weighted by Crippen LogP contribution is -2.46. The van der Waals surface area contributed by atoms with Crippen molar-refractivity contribution >= 4 is 45.5 Å². The first-order valence-electron chi connectivity index (χ1n) is 10.9. The summed E-state index contributed by atoms with van der Waals surface area (Å²) in [6.07, 6.45) is 5.37. The number of fused-ring (bicyclic) bond motifs is 1. The first-order chi connectivity index (χ1) is 15.5. The number of thiazole rings is 1. The van der Waals surface area contributed by atoms with Crippen LogP contribution in [0.5, 0.6) is 0 Å². The third-order valence-electron chi connectivity index (χ3n) is 5.59. The minimum Gasteiger partial charge on any atom is -0.354 e. The van der Waals surface area contributed by atoms with Crippen molar-refractivity contribution in [2.75, 3.05) is 6.54 Å². The van der Waals surface area contributed by atoms with E-state index in [1.807, 2.05) is 24.3 Å². The number of rotatable bonds is 10. The molecule has 2 aromatic rings. The van der Waals surface area contributed by atoms with E-state index in [0.717, 1.165) is 23.1 Å². The molecule has 0 aliphatic heterocycles. The van der Waals surface area contributed by atoms with Crippen LogP contribution >= 0.6 is 11.3 Å². The average molecular weight is 459 g/mol. The number of Topliss-reactive ketones (excluding diaryl/α,β-unsaturated/α-hetero) is 1. The summed E-state index contributed by atoms with van der Waals surface area (Å²) in [7, 11) is 0. The number of nitrogens with two attached hydrogens (primary N) is 1. The highest BCUT2D eigenvalue weighted by Crippen LogP contribution is 2.26. The van der Waals surface area contributed by atoms with Crippen LogP contribution in [0.3, 0.4) is 0 Å². The first kappa shape index (κ1) is 23.8. The van der Waals surface area contributed by atoms with Crippen LogP contribution in [0.25, 0.3) is 10.2 Å². The minimum absolute atomic E-state index is 0.0492. The predicted octanol–water partition coefficient (Wildman–Crippen LogP) is 1.93. The van der Waals surface area contributed by atoms with E-state index in [0.29, 0.717) is 37.2 Å². The number of hydrogen-bond donors (Lipinski definition) is 4. The van der Waals surface area contributed by atoms with Crippen molar-refractivity contribution in [1.29, 1.82) is 0 Å². The quantitative estimate of drug-likeness (QED) is 0.107. The van der Waals surface area contributed by atoms with E-state index in [9.17, 15) is 14.4 Å². The number of nitrogens with zero attached hydrogens (tertiary/aromatic N) is 2. The summed E-state index contributed by atoms with van der Waals surface area (Å²) in [6.45, 7) is 2.00. The van der Waals surface area contributed by atoms with Crippen molar-refractivity contribution < 1.29 is 14.4 Å². The molecule has 3 rings (SSSR count). The van der Waals surface area contributed by atoms with Gasteiger partial charge in [0.25, 0.3) is 0 Å². The van der Waals surface area contributed by atoms with Crippen molar-refractivity contribution in [2.24, 2.45) is 16.8 Å². The highest BCUT2D eigenvalue weighted by Gasteiger charge is 2.30. The molecule has 0 spiro atoms. The Morgan fingerprint density at radius 2 is 2.00 bits per heavy atom. The summed E-state index contributed by atoms with van der Waals surface area (Å²) < 4.78 is 0.941. The number of hydrazine groups is 1. The van der Waals surface area contributed by atoms with Gasteiger partial charge in [-0.2, -0.15) is 0 Å². The van der Waals surface area contributed by atoms with Crippen molar-refractivity contribution in [3.63, 3.8) is 0 Å². The molecule has 1 aromatic heterocycles. The summed E-state index contributed by atoms with van der Waals surface area (Å²) in [5.74, 6) is 4.68. The molecule has 2 amide bonds. The third kappa shape index (κ3) is 6.57. The number of aliphatic imine (C=N–C) groups is 1. The zero-order valence-corrected chi connectivity index (χ0v) is 19.0. The molecule has 1 saturated carbocycles. The topological polar surface area (TPSA) is 139 Å². The van der Waals surface area contributed by atoms with E-state index >= 15 is 0 Å². The molecule has 0 saturated heterocycles. The van der Waals surface area contributed by atoms with Crippen molar-refractivity contribution in [1.82, 2.24) is 21.0 Å². The van der Waals surface area contributed by atoms with Gasteiger partial charge in [0.2, 0.25) is 17.6 Å². The summed E-state index contributed by atoms with van der Waals surface area (Å²) in [5, 5.41) is 6.30. The molecule has 1 aliphatic rings. The van der Waals surface area contributed by atoms with Crippen LogP contribution in [-0.2, 0) is 9.59 Å². The number of hydrogen-bond acceptors (Lipinski definition) is 7. The van der Waals surface area contributed by atoms with E-state index in [4.69, 9.17) is 5.84 Å². The number of benzene rings is 1. The molecule has 1 aromatic carbocycles. The molecule has 172 valence electrons. The van der Waals surface area contributed by atoms with Crippen LogP contribution in [0.4, 0.5) is 0 Å². The largest absolute Gasteiger partial charge is 0.354 e. The second kappa shape index (κ2) is 11.7. The van der Waals surface area contributed by atoms with Crippen molar-refractivity contribution in [3.8, 4) is 0 Å². The van der Waals surface area contributed by atoms with Gasteiger partial charge in [-0.1, -0.05) is 12.1 Å². The summed E-state index contributed by atoms with van der Waals surface area (Å²) in [4.78, 5) is 46.0. The zero-order valence-electron chi connectivity index (χ0n) is 18.2. The van der Waals surface area contributed by atoms with E-state index in [2.05, 4.69) is 26.0 Å². The highest BCUT2D eigenvalue weighted by atomic mass is 32.1. The van der Waals surface area contributed by atoms with E-state index in [-0.39, 0.29) is 29.6 Å². The van der Waals surface area contributed by atoms with Gasteiger partial charge in [-0.15, -0.1) is 11.3 Å². The lowest BCUT2D eigenvalue weighted by molar-refractivity contribution is -0.126. The average Bonchev–Trinajstić information content (AvgIpc) is 3.22. The van der Waals surface area contributed by atoms with Crippen LogP contribution in [0.2, 0.25) is 0 Å². The summed E-state index contributed by atoms with van der Waals surface area (Å²) in [5.41, 5.74) is 3.13. The molecule has 32 heavy (non-hydrogen) atoms. The number of carbonyl (C=O) groups is 3. The number of amides is 2. The van der Waals surface area contributed by atoms with Gasteiger partial charge in [0.05, 0.1) is 22.6 Å². The fraction of sp³-hybridized carbons (Fsp3) is 0.500. The maximum Gasteiger partial charge on any atom is 0.223 e. The van der Waals surface area contributed by atoms with Gasteiger partial charge < -0.3 is 16.1 Å². The maximum atomic E-state index is 13.2. The van der Waals surface area contributed by atoms with Gasteiger partial charge in [-0.25, -0.2) is 10.8 Å². The molecular weight excluding hydrogens is 428 g/mol. The Morgan fingerprint density at radius 1 is 1.25 bits per heavy atom. The smallest absolute Gasteiger partial charge is 0.223 e. The van der Waals surface area contributed by atoms with Crippen LogP contribution in [0.1, 0.15) is 55.3 Å². The maximum absolute atomic E-state index is 13.2. The fourth-order valence-electron chi connectivity index (χ4n) is 3.98. The molecule has 1 aliphatic carbocycles. The number of para-hydroxylation sites is 1. The van der Waals surface area contributed by atoms with Crippen molar-refractivity contribution in [2.45, 2.75) is 57.5 Å². The first-order valence-corrected chi connectivity index (χ1v) is 11.7. The van der Waals surface area contributed by atoms with E-state index in [1.54, 1.807) is 0 Å². The Labute approximate surface area is 191 Å². The van der Waals surface area contributed by atoms with E-state index < -0.39 is 6.04 Å². The summed E-state index contributed by atoms with van der Waals surface area (Å²) in [6, 6.07) is 7.06. The third-order valence-corrected chi connectivity index (χ3v) is 6.64. The van der Waals surface area contributed by atoms with Gasteiger partial charge in [0.15, 0.2) is 5.01 Å². The molecule has 1 fully saturated rings. The molecule has 1 atom stereocenters. The van der Waals surface area contributed by atoms with Gasteiger partial charge in [-0.3, -0.25) is 19.4 Å². The normalized spacial score (nSPS) is 19.6. The zero-order chi connectivity index (χ0) is 22.9. The lowest BCUT2D eigenvalue weighted by atomic mass is 9.85. The molecule has 0 radical (unpaired) electrons. The van der Waals surface area contributed by atoms with Gasteiger partial charge in [-0.05, 0) is 50.7 Å². The minimum atomic E-state index is -0.655. The molecule has 5 N–H and O–H groups in total. The van der Waals surface area contributed by atoms with Crippen LogP contribution < -0.4 is 21.9 Å². The molecule has 1 heterocycles. The standard InChI is InChI=1S/C22H30N6O3S/c1-14(29)26-16-10-8-15(9-11-16)21(31)27-18(6-4-12-24-13-25-23)20(30)22-28-17-5-2-3-7-19(17)32-22/h2-3,5,7,13,15-16,18H,4,6,8-12,23H2,1H3,(H,24,25)(H,26,29)(H,27,31). The fourth-order valence-corrected chi connectivity index (χ4v) is 4.94. The van der Waals surface area contributed by atoms with Crippen LogP contribution in [0, 0.1) is 5.92 Å². The van der Waals surface area contributed by atoms with Gasteiger partial charge in [0.1, 0.15) is 0 Å². The van der Waals surface area contributed by atoms with Gasteiger partial charge >= 0.3 is 0 Å². The predicted molar refractivity (Wildman–Crippen MR) is 125 cm³/mol. The Morgan fingerprint density at radius 3 is 2.69 bits per heavy atom. The molecule has 10 heteroatoms. The van der Waals surface area contributed by atoms with Gasteiger partial charge in [0, 0.05) is 25.4 Å². The number of nitrogens with one attached hydrogen (secondary N) is 3. The monoisotopic (exact) mass is 458 g/mol. The molecule has 1 unspecified atom stereocenters. The number of ketones is 1. The lowest BCUT2D eigenvalue weighted by Gasteiger charge is -2.29. The molecular formula is C22H30N6O3S. The highest BCUT2D eigenvalue weighted by molar-refractivity contribution is 7.20. The number of aromatic nitrogens is 1.